The number of hydrogen-bond donors (Lipinski definition) is 1. The number of benzene rings is 1. The van der Waals surface area contributed by atoms with Gasteiger partial charge in [-0.15, -0.1) is 11.3 Å². The third-order valence-electron chi connectivity index (χ3n) is 4.65. The average Bonchev–Trinajstić information content (AvgIpc) is 3.46. The SMILES string of the molecule is COc1cc(CCC(=O)NCCCCCc2nc(-c3cccs3)no2)cc(OC)c1. The van der Waals surface area contributed by atoms with Gasteiger partial charge in [0, 0.05) is 25.5 Å². The van der Waals surface area contributed by atoms with Gasteiger partial charge < -0.3 is 19.3 Å². The number of thiophene rings is 1. The smallest absolute Gasteiger partial charge is 0.226 e. The molecule has 160 valence electrons. The Morgan fingerprint density at radius 3 is 2.60 bits per heavy atom. The fourth-order valence-corrected chi connectivity index (χ4v) is 3.67. The molecule has 8 heteroatoms. The summed E-state index contributed by atoms with van der Waals surface area (Å²) in [7, 11) is 3.23. The first-order valence-electron chi connectivity index (χ1n) is 10.0. The molecule has 0 bridgehead atoms. The topological polar surface area (TPSA) is 86.5 Å². The van der Waals surface area contributed by atoms with Crippen LogP contribution in [0.2, 0.25) is 0 Å². The van der Waals surface area contributed by atoms with Gasteiger partial charge in [-0.2, -0.15) is 4.98 Å². The number of rotatable bonds is 12. The van der Waals surface area contributed by atoms with Gasteiger partial charge in [-0.05, 0) is 48.4 Å². The van der Waals surface area contributed by atoms with E-state index in [-0.39, 0.29) is 5.91 Å². The standard InChI is InChI=1S/C22H27N3O4S/c1-27-17-13-16(14-18(15-17)28-2)9-10-20(26)23-11-5-3-4-8-21-24-22(25-29-21)19-7-6-12-30-19/h6-7,12-15H,3-5,8-11H2,1-2H3,(H,23,26). The molecule has 1 amide bonds. The second kappa shape index (κ2) is 11.3. The van der Waals surface area contributed by atoms with Crippen LogP contribution in [0.5, 0.6) is 11.5 Å². The fraction of sp³-hybridized carbons (Fsp3) is 0.409. The summed E-state index contributed by atoms with van der Waals surface area (Å²) < 4.78 is 15.8. The number of carbonyl (C=O) groups is 1. The largest absolute Gasteiger partial charge is 0.497 e. The minimum absolute atomic E-state index is 0.0503. The Balaban J connectivity index is 1.29. The third-order valence-corrected chi connectivity index (χ3v) is 5.52. The van der Waals surface area contributed by atoms with Crippen LogP contribution < -0.4 is 14.8 Å². The molecule has 1 aromatic carbocycles. The average molecular weight is 430 g/mol. The van der Waals surface area contributed by atoms with E-state index in [0.717, 1.165) is 47.6 Å². The third kappa shape index (κ3) is 6.59. The predicted octanol–water partition coefficient (Wildman–Crippen LogP) is 4.28. The lowest BCUT2D eigenvalue weighted by Gasteiger charge is -2.09. The highest BCUT2D eigenvalue weighted by Gasteiger charge is 2.09. The minimum atomic E-state index is 0.0503. The van der Waals surface area contributed by atoms with Crippen LogP contribution in [-0.2, 0) is 17.6 Å². The van der Waals surface area contributed by atoms with Crippen molar-refractivity contribution < 1.29 is 18.8 Å². The molecule has 0 atom stereocenters. The van der Waals surface area contributed by atoms with Crippen molar-refractivity contribution in [1.29, 1.82) is 0 Å². The van der Waals surface area contributed by atoms with Crippen LogP contribution in [0, 0.1) is 0 Å². The van der Waals surface area contributed by atoms with Crippen molar-refractivity contribution in [3.05, 3.63) is 47.2 Å². The van der Waals surface area contributed by atoms with Crippen molar-refractivity contribution in [1.82, 2.24) is 15.5 Å². The number of amides is 1. The Hall–Kier alpha value is -2.87. The van der Waals surface area contributed by atoms with Crippen LogP contribution in [-0.4, -0.2) is 36.8 Å². The molecule has 2 heterocycles. The van der Waals surface area contributed by atoms with Crippen molar-refractivity contribution in [3.63, 3.8) is 0 Å². The molecule has 0 unspecified atom stereocenters. The maximum atomic E-state index is 12.1. The van der Waals surface area contributed by atoms with Crippen molar-refractivity contribution in [2.45, 2.75) is 38.5 Å². The second-order valence-corrected chi connectivity index (χ2v) is 7.82. The molecule has 3 aromatic rings. The van der Waals surface area contributed by atoms with Crippen molar-refractivity contribution in [2.24, 2.45) is 0 Å². The van der Waals surface area contributed by atoms with Gasteiger partial charge in [-0.3, -0.25) is 4.79 Å². The van der Waals surface area contributed by atoms with E-state index in [9.17, 15) is 4.79 Å². The van der Waals surface area contributed by atoms with Crippen molar-refractivity contribution in [2.75, 3.05) is 20.8 Å². The van der Waals surface area contributed by atoms with Gasteiger partial charge in [0.05, 0.1) is 19.1 Å². The zero-order chi connectivity index (χ0) is 21.2. The zero-order valence-corrected chi connectivity index (χ0v) is 18.2. The molecule has 0 radical (unpaired) electrons. The molecular formula is C22H27N3O4S. The lowest BCUT2D eigenvalue weighted by atomic mass is 10.1. The lowest BCUT2D eigenvalue weighted by molar-refractivity contribution is -0.121. The summed E-state index contributed by atoms with van der Waals surface area (Å²) in [6.07, 6.45) is 4.69. The van der Waals surface area contributed by atoms with E-state index >= 15 is 0 Å². The molecule has 1 N–H and O–H groups in total. The minimum Gasteiger partial charge on any atom is -0.497 e. The number of unbranched alkanes of at least 4 members (excludes halogenated alkanes) is 2. The first-order chi connectivity index (χ1) is 14.7. The van der Waals surface area contributed by atoms with Gasteiger partial charge in [-0.25, -0.2) is 0 Å². The molecular weight excluding hydrogens is 402 g/mol. The Labute approximate surface area is 180 Å². The highest BCUT2D eigenvalue weighted by Crippen LogP contribution is 2.23. The van der Waals surface area contributed by atoms with E-state index in [1.165, 1.54) is 0 Å². The highest BCUT2D eigenvalue weighted by molar-refractivity contribution is 7.13. The summed E-state index contributed by atoms with van der Waals surface area (Å²) in [5.74, 6) is 2.83. The van der Waals surface area contributed by atoms with Gasteiger partial charge in [0.15, 0.2) is 0 Å². The van der Waals surface area contributed by atoms with Crippen LogP contribution in [0.3, 0.4) is 0 Å². The summed E-state index contributed by atoms with van der Waals surface area (Å²) in [4.78, 5) is 17.5. The fourth-order valence-electron chi connectivity index (χ4n) is 3.03. The molecule has 0 saturated carbocycles. The number of ether oxygens (including phenoxy) is 2. The second-order valence-electron chi connectivity index (χ2n) is 6.87. The van der Waals surface area contributed by atoms with E-state index in [1.54, 1.807) is 25.6 Å². The van der Waals surface area contributed by atoms with Gasteiger partial charge in [-0.1, -0.05) is 17.6 Å². The Morgan fingerprint density at radius 2 is 1.90 bits per heavy atom. The first kappa shape index (κ1) is 21.8. The van der Waals surface area contributed by atoms with Crippen LogP contribution >= 0.6 is 11.3 Å². The monoisotopic (exact) mass is 429 g/mol. The maximum Gasteiger partial charge on any atom is 0.226 e. The number of hydrogen-bond acceptors (Lipinski definition) is 7. The van der Waals surface area contributed by atoms with E-state index in [2.05, 4.69) is 15.5 Å². The van der Waals surface area contributed by atoms with Crippen LogP contribution in [0.15, 0.2) is 40.2 Å². The van der Waals surface area contributed by atoms with Crippen LogP contribution in [0.1, 0.15) is 37.1 Å². The lowest BCUT2D eigenvalue weighted by Crippen LogP contribution is -2.24. The Bertz CT molecular complexity index is 902. The number of nitrogens with zero attached hydrogens (tertiary/aromatic N) is 2. The molecule has 2 aromatic heterocycles. The summed E-state index contributed by atoms with van der Waals surface area (Å²) in [5, 5.41) is 8.99. The summed E-state index contributed by atoms with van der Waals surface area (Å²) in [6, 6.07) is 9.62. The molecule has 0 spiro atoms. The number of methoxy groups -OCH3 is 2. The van der Waals surface area contributed by atoms with Crippen LogP contribution in [0.4, 0.5) is 0 Å². The van der Waals surface area contributed by atoms with Crippen molar-refractivity contribution in [3.8, 4) is 22.2 Å². The number of aryl methyl sites for hydroxylation is 2. The van der Waals surface area contributed by atoms with Gasteiger partial charge in [0.2, 0.25) is 17.6 Å². The molecule has 0 aliphatic heterocycles. The molecule has 0 aliphatic carbocycles. The number of nitrogens with one attached hydrogen (secondary N) is 1. The Kier molecular flexibility index (Phi) is 8.26. The quantitative estimate of drug-likeness (QED) is 0.433. The molecule has 0 fully saturated rings. The number of aromatic nitrogens is 2. The van der Waals surface area contributed by atoms with Gasteiger partial charge in [0.25, 0.3) is 0 Å². The molecule has 30 heavy (non-hydrogen) atoms. The normalized spacial score (nSPS) is 10.7. The summed E-state index contributed by atoms with van der Waals surface area (Å²) in [5.41, 5.74) is 1.02. The molecule has 0 aliphatic rings. The van der Waals surface area contributed by atoms with E-state index in [4.69, 9.17) is 14.0 Å². The van der Waals surface area contributed by atoms with Gasteiger partial charge >= 0.3 is 0 Å². The van der Waals surface area contributed by atoms with E-state index in [1.807, 2.05) is 35.7 Å². The van der Waals surface area contributed by atoms with Gasteiger partial charge in [0.1, 0.15) is 11.5 Å². The zero-order valence-electron chi connectivity index (χ0n) is 17.3. The summed E-state index contributed by atoms with van der Waals surface area (Å²) in [6.45, 7) is 0.671. The summed E-state index contributed by atoms with van der Waals surface area (Å²) >= 11 is 1.60. The maximum absolute atomic E-state index is 12.1. The first-order valence-corrected chi connectivity index (χ1v) is 10.9. The van der Waals surface area contributed by atoms with E-state index < -0.39 is 0 Å². The molecule has 7 nitrogen and oxygen atoms in total. The molecule has 0 saturated heterocycles. The molecule has 3 rings (SSSR count). The number of carbonyl (C=O) groups excluding carboxylic acids is 1. The van der Waals surface area contributed by atoms with Crippen molar-refractivity contribution >= 4 is 17.2 Å². The van der Waals surface area contributed by atoms with E-state index in [0.29, 0.717) is 31.1 Å². The Morgan fingerprint density at radius 1 is 1.10 bits per heavy atom. The predicted molar refractivity (Wildman–Crippen MR) is 116 cm³/mol. The highest BCUT2D eigenvalue weighted by atomic mass is 32.1. The van der Waals surface area contributed by atoms with Crippen LogP contribution in [0.25, 0.3) is 10.7 Å².